The molecular weight excluding hydrogens is 428 g/mol. The van der Waals surface area contributed by atoms with Gasteiger partial charge in [0.2, 0.25) is 5.89 Å². The molecule has 33 heavy (non-hydrogen) atoms. The molecule has 0 saturated heterocycles. The molecule has 3 heterocycles. The second kappa shape index (κ2) is 9.16. The molecule has 1 aliphatic heterocycles. The fraction of sp³-hybridized carbons (Fsp3) is 0.321. The quantitative estimate of drug-likeness (QED) is 0.321. The van der Waals surface area contributed by atoms with Gasteiger partial charge < -0.3 is 9.15 Å². The van der Waals surface area contributed by atoms with Crippen LogP contribution in [0.5, 0.6) is 5.75 Å². The van der Waals surface area contributed by atoms with Crippen molar-refractivity contribution in [1.82, 2.24) is 9.88 Å². The van der Waals surface area contributed by atoms with Crippen molar-refractivity contribution in [3.63, 3.8) is 0 Å². The Morgan fingerprint density at radius 1 is 1.09 bits per heavy atom. The van der Waals surface area contributed by atoms with E-state index in [0.29, 0.717) is 5.89 Å². The summed E-state index contributed by atoms with van der Waals surface area (Å²) in [7, 11) is 1.67. The van der Waals surface area contributed by atoms with Crippen LogP contribution in [-0.4, -0.2) is 23.5 Å². The van der Waals surface area contributed by atoms with E-state index in [1.54, 1.807) is 18.2 Å². The number of ether oxygens (including phenoxy) is 1. The van der Waals surface area contributed by atoms with Gasteiger partial charge in [-0.1, -0.05) is 37.3 Å². The first kappa shape index (κ1) is 21.9. The largest absolute Gasteiger partial charge is 0.497 e. The van der Waals surface area contributed by atoms with Crippen LogP contribution in [0, 0.1) is 13.8 Å². The maximum Gasteiger partial charge on any atom is 0.226 e. The van der Waals surface area contributed by atoms with E-state index in [4.69, 9.17) is 14.1 Å². The molecule has 2 aromatic carbocycles. The molecule has 4 aromatic rings. The molecule has 2 aromatic heterocycles. The van der Waals surface area contributed by atoms with Crippen LogP contribution < -0.4 is 4.74 Å². The molecule has 0 fully saturated rings. The molecule has 4 nitrogen and oxygen atoms in total. The number of fused-ring (bicyclic) bond motifs is 1. The van der Waals surface area contributed by atoms with Gasteiger partial charge in [-0.05, 0) is 67.6 Å². The lowest BCUT2D eigenvalue weighted by molar-refractivity contribution is 0.204. The van der Waals surface area contributed by atoms with Crippen LogP contribution in [0.1, 0.15) is 50.9 Å². The first-order valence-corrected chi connectivity index (χ1v) is 12.4. The van der Waals surface area contributed by atoms with Gasteiger partial charge >= 0.3 is 0 Å². The molecule has 0 spiro atoms. The lowest BCUT2D eigenvalue weighted by Gasteiger charge is -2.36. The molecular formula is C28H30N2O2S. The average Bonchev–Trinajstić information content (AvgIpc) is 3.37. The summed E-state index contributed by atoms with van der Waals surface area (Å²) in [5.74, 6) is 2.38. The van der Waals surface area contributed by atoms with Gasteiger partial charge in [-0.15, -0.1) is 11.3 Å². The van der Waals surface area contributed by atoms with E-state index in [1.807, 2.05) is 42.5 Å². The SMILES string of the molecule is CCc1c(C)sc2c1CCN(Cc1nc(-c3ccc(OC)cc3)oc1C)[C@@H]2c1ccccc1. The summed E-state index contributed by atoms with van der Waals surface area (Å²) in [5, 5.41) is 0. The van der Waals surface area contributed by atoms with Crippen LogP contribution in [0.4, 0.5) is 0 Å². The van der Waals surface area contributed by atoms with E-state index in [2.05, 4.69) is 49.1 Å². The lowest BCUT2D eigenvalue weighted by Crippen LogP contribution is -2.35. The number of rotatable bonds is 6. The van der Waals surface area contributed by atoms with E-state index in [-0.39, 0.29) is 6.04 Å². The molecule has 0 radical (unpaired) electrons. The first-order valence-electron chi connectivity index (χ1n) is 11.6. The van der Waals surface area contributed by atoms with E-state index in [0.717, 1.165) is 48.7 Å². The number of nitrogens with zero attached hydrogens (tertiary/aromatic N) is 2. The highest BCUT2D eigenvalue weighted by Crippen LogP contribution is 2.43. The molecule has 0 amide bonds. The number of benzene rings is 2. The highest BCUT2D eigenvalue weighted by Gasteiger charge is 2.33. The summed E-state index contributed by atoms with van der Waals surface area (Å²) in [4.78, 5) is 10.4. The number of thiophene rings is 1. The number of aryl methyl sites for hydroxylation is 2. The Labute approximate surface area is 199 Å². The number of oxazole rings is 1. The molecule has 1 aliphatic rings. The number of methoxy groups -OCH3 is 1. The summed E-state index contributed by atoms with van der Waals surface area (Å²) in [6.07, 6.45) is 2.20. The molecule has 1 atom stereocenters. The molecule has 0 saturated carbocycles. The molecule has 5 rings (SSSR count). The van der Waals surface area contributed by atoms with Crippen molar-refractivity contribution in [2.45, 2.75) is 46.2 Å². The van der Waals surface area contributed by atoms with Crippen LogP contribution >= 0.6 is 11.3 Å². The minimum Gasteiger partial charge on any atom is -0.497 e. The highest BCUT2D eigenvalue weighted by molar-refractivity contribution is 7.12. The van der Waals surface area contributed by atoms with Gasteiger partial charge in [0.25, 0.3) is 0 Å². The van der Waals surface area contributed by atoms with Crippen LogP contribution in [-0.2, 0) is 19.4 Å². The van der Waals surface area contributed by atoms with Crippen molar-refractivity contribution in [2.24, 2.45) is 0 Å². The third-order valence-corrected chi connectivity index (χ3v) is 7.91. The standard InChI is InChI=1S/C28H30N2O2S/c1-5-23-19(3)33-27-24(23)15-16-30(26(27)20-9-7-6-8-10-20)17-25-18(2)32-28(29-25)21-11-13-22(31-4)14-12-21/h6-14,26H,5,15-17H2,1-4H3/t26-/m1/s1. The first-order chi connectivity index (χ1) is 16.1. The molecule has 0 bridgehead atoms. The van der Waals surface area contributed by atoms with Gasteiger partial charge in [-0.25, -0.2) is 4.98 Å². The van der Waals surface area contributed by atoms with Crippen molar-refractivity contribution in [1.29, 1.82) is 0 Å². The molecule has 5 heteroatoms. The van der Waals surface area contributed by atoms with Crippen molar-refractivity contribution in [3.05, 3.63) is 92.5 Å². The highest BCUT2D eigenvalue weighted by atomic mass is 32.1. The number of hydrogen-bond donors (Lipinski definition) is 0. The summed E-state index contributed by atoms with van der Waals surface area (Å²) in [6.45, 7) is 8.35. The summed E-state index contributed by atoms with van der Waals surface area (Å²) in [6, 6.07) is 19.0. The predicted octanol–water partition coefficient (Wildman–Crippen LogP) is 6.74. The van der Waals surface area contributed by atoms with Gasteiger partial charge in [-0.2, -0.15) is 0 Å². The molecule has 170 valence electrons. The van der Waals surface area contributed by atoms with Crippen molar-refractivity contribution in [3.8, 4) is 17.2 Å². The van der Waals surface area contributed by atoms with Crippen molar-refractivity contribution >= 4 is 11.3 Å². The third-order valence-electron chi connectivity index (χ3n) is 6.66. The Balaban J connectivity index is 1.49. The van der Waals surface area contributed by atoms with Gasteiger partial charge in [0.1, 0.15) is 11.5 Å². The Bertz CT molecular complexity index is 1240. The van der Waals surface area contributed by atoms with Crippen molar-refractivity contribution < 1.29 is 9.15 Å². The topological polar surface area (TPSA) is 38.5 Å². The Morgan fingerprint density at radius 2 is 1.85 bits per heavy atom. The van der Waals surface area contributed by atoms with Crippen LogP contribution in [0.2, 0.25) is 0 Å². The minimum absolute atomic E-state index is 0.250. The third kappa shape index (κ3) is 4.11. The smallest absolute Gasteiger partial charge is 0.226 e. The van der Waals surface area contributed by atoms with E-state index < -0.39 is 0 Å². The fourth-order valence-corrected chi connectivity index (χ4v) is 6.41. The minimum atomic E-state index is 0.250. The number of aromatic nitrogens is 1. The van der Waals surface area contributed by atoms with Gasteiger partial charge in [-0.3, -0.25) is 4.90 Å². The van der Waals surface area contributed by atoms with Gasteiger partial charge in [0, 0.05) is 28.4 Å². The van der Waals surface area contributed by atoms with Crippen LogP contribution in [0.3, 0.4) is 0 Å². The van der Waals surface area contributed by atoms with E-state index >= 15 is 0 Å². The zero-order chi connectivity index (χ0) is 22.9. The Kier molecular flexibility index (Phi) is 6.09. The normalized spacial score (nSPS) is 16.1. The van der Waals surface area contributed by atoms with Gasteiger partial charge in [0.15, 0.2) is 0 Å². The molecule has 0 aliphatic carbocycles. The maximum absolute atomic E-state index is 6.09. The molecule has 0 N–H and O–H groups in total. The summed E-state index contributed by atoms with van der Waals surface area (Å²) >= 11 is 1.97. The fourth-order valence-electron chi connectivity index (χ4n) is 4.95. The second-order valence-corrected chi connectivity index (χ2v) is 9.87. The van der Waals surface area contributed by atoms with E-state index in [9.17, 15) is 0 Å². The monoisotopic (exact) mass is 458 g/mol. The predicted molar refractivity (Wildman–Crippen MR) is 134 cm³/mol. The van der Waals surface area contributed by atoms with Gasteiger partial charge in [0.05, 0.1) is 18.8 Å². The lowest BCUT2D eigenvalue weighted by atomic mass is 9.91. The zero-order valence-corrected chi connectivity index (χ0v) is 20.5. The second-order valence-electron chi connectivity index (χ2n) is 8.62. The Hall–Kier alpha value is -2.89. The maximum atomic E-state index is 6.09. The summed E-state index contributed by atoms with van der Waals surface area (Å²) < 4.78 is 11.4. The Morgan fingerprint density at radius 3 is 2.55 bits per heavy atom. The number of hydrogen-bond acceptors (Lipinski definition) is 5. The van der Waals surface area contributed by atoms with Crippen molar-refractivity contribution in [2.75, 3.05) is 13.7 Å². The molecule has 0 unspecified atom stereocenters. The van der Waals surface area contributed by atoms with Crippen LogP contribution in [0.15, 0.2) is 59.0 Å². The summed E-state index contributed by atoms with van der Waals surface area (Å²) in [5.41, 5.74) is 6.44. The van der Waals surface area contributed by atoms with E-state index in [1.165, 1.54) is 15.3 Å². The average molecular weight is 459 g/mol. The van der Waals surface area contributed by atoms with Crippen LogP contribution in [0.25, 0.3) is 11.5 Å². The zero-order valence-electron chi connectivity index (χ0n) is 19.7.